The zero-order chi connectivity index (χ0) is 37.4. The van der Waals surface area contributed by atoms with Gasteiger partial charge < -0.3 is 24.3 Å². The minimum Gasteiger partial charge on any atom is -0.491 e. The second kappa shape index (κ2) is 18.0. The number of rotatable bonds is 20. The molecule has 2 aliphatic rings. The van der Waals surface area contributed by atoms with Gasteiger partial charge in [-0.25, -0.2) is 13.2 Å². The Balaban J connectivity index is 1.41. The van der Waals surface area contributed by atoms with Gasteiger partial charge in [-0.2, -0.15) is 20.5 Å². The molecule has 2 fully saturated rings. The molecule has 2 aliphatic carbocycles. The lowest BCUT2D eigenvalue weighted by Gasteiger charge is -2.25. The highest BCUT2D eigenvalue weighted by atomic mass is 35.5. The van der Waals surface area contributed by atoms with E-state index in [2.05, 4.69) is 15.0 Å². The molecule has 2 atom stereocenters. The monoisotopic (exact) mass is 801 g/mol. The second-order valence-corrected chi connectivity index (χ2v) is 16.2. The summed E-state index contributed by atoms with van der Waals surface area (Å²) in [5, 5.41) is 3.19. The smallest absolute Gasteiger partial charge is 0.387 e. The van der Waals surface area contributed by atoms with Crippen LogP contribution in [0.1, 0.15) is 59.7 Å². The summed E-state index contributed by atoms with van der Waals surface area (Å²) in [4.78, 5) is 31.6. The quantitative estimate of drug-likeness (QED) is 0.112. The first-order valence-electron chi connectivity index (χ1n) is 16.5. The standard InChI is InChI=1S/C35H39Cl2F2N3O8S2/c1-51-12-11-28(41-33(43)23-7-9-27(42-52(2,45)46)31(14-23)47-18-20-3-4-20)34(44)49-30(15-24-25(36)16-40-17-26(24)37)22-8-10-29(50-35(38)39)32(13-22)48-19-21-5-6-21/h7-10,13-14,16-17,20-21,28,30,35,42H,3-6,11-12,15,18-19H2,1-2H3,(H,41,43)/t28-,30-/m0/s1. The van der Waals surface area contributed by atoms with Crippen molar-refractivity contribution in [3.63, 3.8) is 0 Å². The first-order chi connectivity index (χ1) is 24.8. The van der Waals surface area contributed by atoms with E-state index >= 15 is 0 Å². The lowest BCUT2D eigenvalue weighted by atomic mass is 10.0. The van der Waals surface area contributed by atoms with Crippen LogP contribution in [0.3, 0.4) is 0 Å². The molecular weight excluding hydrogens is 763 g/mol. The lowest BCUT2D eigenvalue weighted by Crippen LogP contribution is -2.42. The number of carbonyl (C=O) groups excluding carboxylic acids is 2. The van der Waals surface area contributed by atoms with Crippen LogP contribution in [-0.2, 0) is 26.0 Å². The molecule has 1 heterocycles. The zero-order valence-electron chi connectivity index (χ0n) is 28.4. The van der Waals surface area contributed by atoms with Crippen molar-refractivity contribution in [1.29, 1.82) is 0 Å². The van der Waals surface area contributed by atoms with Crippen molar-refractivity contribution < 1.29 is 45.7 Å². The summed E-state index contributed by atoms with van der Waals surface area (Å²) in [6, 6.07) is 7.42. The zero-order valence-corrected chi connectivity index (χ0v) is 31.6. The maximum absolute atomic E-state index is 14.0. The van der Waals surface area contributed by atoms with Gasteiger partial charge in [-0.1, -0.05) is 29.3 Å². The predicted molar refractivity (Wildman–Crippen MR) is 195 cm³/mol. The molecule has 2 saturated carbocycles. The number of nitrogens with zero attached hydrogens (tertiary/aromatic N) is 1. The molecule has 0 spiro atoms. The molecule has 0 unspecified atom stereocenters. The molecule has 2 N–H and O–H groups in total. The number of pyridine rings is 1. The number of ether oxygens (including phenoxy) is 4. The number of anilines is 1. The van der Waals surface area contributed by atoms with Crippen LogP contribution < -0.4 is 24.2 Å². The van der Waals surface area contributed by atoms with Crippen molar-refractivity contribution in [2.45, 2.75) is 57.3 Å². The Morgan fingerprint density at radius 2 is 1.62 bits per heavy atom. The van der Waals surface area contributed by atoms with E-state index in [1.54, 1.807) is 0 Å². The summed E-state index contributed by atoms with van der Waals surface area (Å²) in [6.45, 7) is -2.43. The summed E-state index contributed by atoms with van der Waals surface area (Å²) in [6.07, 6.45) is 8.68. The first-order valence-corrected chi connectivity index (χ1v) is 20.6. The van der Waals surface area contributed by atoms with E-state index in [9.17, 15) is 26.8 Å². The number of halogens is 4. The van der Waals surface area contributed by atoms with Crippen molar-refractivity contribution in [2.75, 3.05) is 36.2 Å². The third kappa shape index (κ3) is 12.0. The van der Waals surface area contributed by atoms with Gasteiger partial charge in [0.1, 0.15) is 17.9 Å². The van der Waals surface area contributed by atoms with Crippen LogP contribution >= 0.6 is 35.0 Å². The van der Waals surface area contributed by atoms with E-state index < -0.39 is 40.7 Å². The number of aromatic nitrogens is 1. The molecule has 1 amide bonds. The minimum absolute atomic E-state index is 0.0251. The van der Waals surface area contributed by atoms with E-state index in [0.717, 1.165) is 31.9 Å². The van der Waals surface area contributed by atoms with Gasteiger partial charge in [0.05, 0.1) is 35.2 Å². The Morgan fingerprint density at radius 3 is 2.21 bits per heavy atom. The molecule has 5 rings (SSSR count). The number of alkyl halides is 2. The normalized spacial score (nSPS) is 15.4. The molecule has 282 valence electrons. The number of hydrogen-bond acceptors (Lipinski definition) is 10. The van der Waals surface area contributed by atoms with E-state index in [-0.39, 0.29) is 51.4 Å². The SMILES string of the molecule is CSCC[C@H](NC(=O)c1ccc(NS(C)(=O)=O)c(OCC2CC2)c1)C(=O)O[C@@H](Cc1c(Cl)cncc1Cl)c1ccc(OC(F)F)c(OCC2CC2)c1. The fourth-order valence-corrected chi connectivity index (χ4v) is 6.64. The molecule has 11 nitrogen and oxygen atoms in total. The van der Waals surface area contributed by atoms with Gasteiger partial charge in [0.2, 0.25) is 10.0 Å². The van der Waals surface area contributed by atoms with Gasteiger partial charge in [-0.05, 0) is 97.4 Å². The van der Waals surface area contributed by atoms with Crippen molar-refractivity contribution in [1.82, 2.24) is 10.3 Å². The number of nitrogens with one attached hydrogen (secondary N) is 2. The Morgan fingerprint density at radius 1 is 0.962 bits per heavy atom. The number of thioether (sulfide) groups is 1. The van der Waals surface area contributed by atoms with Crippen LogP contribution in [0.25, 0.3) is 0 Å². The molecule has 52 heavy (non-hydrogen) atoms. The highest BCUT2D eigenvalue weighted by Crippen LogP contribution is 2.38. The van der Waals surface area contributed by atoms with Crippen LogP contribution in [0.2, 0.25) is 10.0 Å². The molecule has 0 aliphatic heterocycles. The number of benzene rings is 2. The average Bonchev–Trinajstić information content (AvgIpc) is 4.02. The number of esters is 1. The average molecular weight is 803 g/mol. The fraction of sp³-hybridized carbons (Fsp3) is 0.457. The molecule has 0 radical (unpaired) electrons. The van der Waals surface area contributed by atoms with Crippen LogP contribution in [0.15, 0.2) is 48.8 Å². The summed E-state index contributed by atoms with van der Waals surface area (Å²) >= 11 is 14.4. The number of hydrogen-bond donors (Lipinski definition) is 2. The number of sulfonamides is 1. The maximum atomic E-state index is 14.0. The van der Waals surface area contributed by atoms with Gasteiger partial charge in [-0.3, -0.25) is 14.5 Å². The Labute approximate surface area is 315 Å². The molecule has 3 aromatic rings. The molecule has 17 heteroatoms. The van der Waals surface area contributed by atoms with E-state index in [1.807, 2.05) is 6.26 Å². The van der Waals surface area contributed by atoms with Crippen molar-refractivity contribution in [3.8, 4) is 17.2 Å². The van der Waals surface area contributed by atoms with Gasteiger partial charge in [0.25, 0.3) is 5.91 Å². The van der Waals surface area contributed by atoms with E-state index in [1.165, 1.54) is 60.6 Å². The van der Waals surface area contributed by atoms with Crippen molar-refractivity contribution in [3.05, 3.63) is 75.5 Å². The second-order valence-electron chi connectivity index (χ2n) is 12.7. The molecular formula is C35H39Cl2F2N3O8S2. The Hall–Kier alpha value is -3.53. The van der Waals surface area contributed by atoms with Crippen LogP contribution in [-0.4, -0.2) is 69.4 Å². The number of amides is 1. The van der Waals surface area contributed by atoms with Gasteiger partial charge >= 0.3 is 12.6 Å². The third-order valence-corrected chi connectivity index (χ3v) is 10.1. The van der Waals surface area contributed by atoms with Crippen molar-refractivity contribution >= 4 is 62.6 Å². The summed E-state index contributed by atoms with van der Waals surface area (Å²) in [5.74, 6) is -0.190. The first kappa shape index (κ1) is 39.7. The summed E-state index contributed by atoms with van der Waals surface area (Å²) in [5.41, 5.74) is 1.12. The van der Waals surface area contributed by atoms with Crippen LogP contribution in [0.4, 0.5) is 14.5 Å². The summed E-state index contributed by atoms with van der Waals surface area (Å²) in [7, 11) is -3.64. The van der Waals surface area contributed by atoms with Gasteiger partial charge in [0.15, 0.2) is 11.5 Å². The topological polar surface area (TPSA) is 142 Å². The maximum Gasteiger partial charge on any atom is 0.387 e. The van der Waals surface area contributed by atoms with Crippen molar-refractivity contribution in [2.24, 2.45) is 11.8 Å². The third-order valence-electron chi connectivity index (χ3n) is 8.24. The Bertz CT molecular complexity index is 1830. The molecule has 0 saturated heterocycles. The minimum atomic E-state index is -3.64. The largest absolute Gasteiger partial charge is 0.491 e. The Kier molecular flexibility index (Phi) is 13.7. The molecule has 2 aromatic carbocycles. The molecule has 0 bridgehead atoms. The predicted octanol–water partition coefficient (Wildman–Crippen LogP) is 7.32. The fourth-order valence-electron chi connectivity index (χ4n) is 5.08. The van der Waals surface area contributed by atoms with Crippen LogP contribution in [0, 0.1) is 11.8 Å². The van der Waals surface area contributed by atoms with E-state index in [4.69, 9.17) is 42.1 Å². The van der Waals surface area contributed by atoms with E-state index in [0.29, 0.717) is 41.9 Å². The van der Waals surface area contributed by atoms with Crippen LogP contribution in [0.5, 0.6) is 17.2 Å². The highest BCUT2D eigenvalue weighted by molar-refractivity contribution is 7.98. The lowest BCUT2D eigenvalue weighted by molar-refractivity contribution is -0.151. The summed E-state index contributed by atoms with van der Waals surface area (Å²) < 4.78 is 75.4. The number of carbonyl (C=O) groups is 2. The molecule has 1 aromatic heterocycles. The van der Waals surface area contributed by atoms with Gasteiger partial charge in [0, 0.05) is 24.4 Å². The van der Waals surface area contributed by atoms with Gasteiger partial charge in [-0.15, -0.1) is 0 Å². The highest BCUT2D eigenvalue weighted by Gasteiger charge is 2.30.